The van der Waals surface area contributed by atoms with Gasteiger partial charge in [0, 0.05) is 11.1 Å². The highest BCUT2D eigenvalue weighted by molar-refractivity contribution is 6.14. The van der Waals surface area contributed by atoms with Gasteiger partial charge in [0.25, 0.3) is 5.91 Å². The molecule has 3 rings (SSSR count). The van der Waals surface area contributed by atoms with Crippen molar-refractivity contribution in [2.75, 3.05) is 0 Å². The minimum atomic E-state index is -1.09. The zero-order valence-electron chi connectivity index (χ0n) is 18.1. The molecule has 5 nitrogen and oxygen atoms in total. The molecular weight excluding hydrogens is 409 g/mol. The average molecular weight is 433 g/mol. The Morgan fingerprint density at radius 3 is 2.06 bits per heavy atom. The molecule has 0 aliphatic rings. The molecule has 1 amide bonds. The number of aryl methyl sites for hydroxylation is 1. The highest BCUT2D eigenvalue weighted by atomic mass is 19.1. The van der Waals surface area contributed by atoms with Crippen molar-refractivity contribution in [1.82, 2.24) is 5.32 Å². The fourth-order valence-electron chi connectivity index (χ4n) is 3.16. The van der Waals surface area contributed by atoms with E-state index in [0.717, 1.165) is 5.56 Å². The van der Waals surface area contributed by atoms with Gasteiger partial charge in [-0.15, -0.1) is 0 Å². The minimum absolute atomic E-state index is 0.0873. The average Bonchev–Trinajstić information content (AvgIpc) is 2.79. The van der Waals surface area contributed by atoms with E-state index in [0.29, 0.717) is 11.1 Å². The molecule has 0 spiro atoms. The number of ether oxygens (including phenoxy) is 1. The maximum atomic E-state index is 13.1. The highest BCUT2D eigenvalue weighted by Gasteiger charge is 2.24. The van der Waals surface area contributed by atoms with E-state index in [1.807, 2.05) is 19.1 Å². The van der Waals surface area contributed by atoms with Crippen molar-refractivity contribution in [1.29, 1.82) is 0 Å². The van der Waals surface area contributed by atoms with Gasteiger partial charge in [-0.25, -0.2) is 9.18 Å². The van der Waals surface area contributed by atoms with Gasteiger partial charge in [0.1, 0.15) is 5.82 Å². The first-order chi connectivity index (χ1) is 15.3. The Balaban J connectivity index is 1.70. The second kappa shape index (κ2) is 10.0. The summed E-state index contributed by atoms with van der Waals surface area (Å²) >= 11 is 0. The van der Waals surface area contributed by atoms with Crippen molar-refractivity contribution in [3.8, 4) is 0 Å². The predicted octanol–water partition coefficient (Wildman–Crippen LogP) is 4.79. The monoisotopic (exact) mass is 433 g/mol. The summed E-state index contributed by atoms with van der Waals surface area (Å²) in [5.74, 6) is -1.94. The zero-order valence-corrected chi connectivity index (χ0v) is 18.1. The van der Waals surface area contributed by atoms with Crippen LogP contribution in [0.3, 0.4) is 0 Å². The summed E-state index contributed by atoms with van der Waals surface area (Å²) in [7, 11) is 0. The molecule has 32 heavy (non-hydrogen) atoms. The summed E-state index contributed by atoms with van der Waals surface area (Å²) in [6.45, 7) is 5.12. The van der Waals surface area contributed by atoms with Crippen LogP contribution in [0.1, 0.15) is 57.3 Å². The lowest BCUT2D eigenvalue weighted by atomic mass is 9.98. The molecule has 0 aliphatic heterocycles. The third-order valence-corrected chi connectivity index (χ3v) is 5.09. The van der Waals surface area contributed by atoms with Crippen molar-refractivity contribution >= 4 is 17.7 Å². The summed E-state index contributed by atoms with van der Waals surface area (Å²) in [5, 5.41) is 2.74. The zero-order chi connectivity index (χ0) is 23.3. The molecule has 3 aromatic carbocycles. The molecule has 6 heteroatoms. The van der Waals surface area contributed by atoms with Crippen LogP contribution >= 0.6 is 0 Å². The maximum Gasteiger partial charge on any atom is 0.339 e. The number of hydrogen-bond donors (Lipinski definition) is 1. The number of halogens is 1. The summed E-state index contributed by atoms with van der Waals surface area (Å²) in [6.07, 6.45) is -1.09. The van der Waals surface area contributed by atoms with E-state index in [-0.39, 0.29) is 22.7 Å². The number of rotatable bonds is 7. The fourth-order valence-corrected chi connectivity index (χ4v) is 3.16. The van der Waals surface area contributed by atoms with Crippen LogP contribution in [0.25, 0.3) is 0 Å². The van der Waals surface area contributed by atoms with Gasteiger partial charge >= 0.3 is 5.97 Å². The van der Waals surface area contributed by atoms with Crippen LogP contribution in [0.4, 0.5) is 4.39 Å². The molecule has 0 bridgehead atoms. The molecule has 0 saturated carbocycles. The predicted molar refractivity (Wildman–Crippen MR) is 119 cm³/mol. The standard InChI is InChI=1S/C26H24FNO4/c1-16-8-10-20(11-9-16)24(29)22-6-4-5-7-23(22)26(31)32-18(3)25(30)28-17(2)19-12-14-21(27)15-13-19/h4-15,17-18H,1-3H3,(H,28,30)/t17-,18-/m1/s1. The van der Waals surface area contributed by atoms with Crippen LogP contribution in [0.15, 0.2) is 72.8 Å². The maximum absolute atomic E-state index is 13.1. The Kier molecular flexibility index (Phi) is 7.15. The van der Waals surface area contributed by atoms with Gasteiger partial charge in [0.15, 0.2) is 11.9 Å². The van der Waals surface area contributed by atoms with Gasteiger partial charge in [0.2, 0.25) is 0 Å². The molecule has 0 fully saturated rings. The fraction of sp³-hybridized carbons (Fsp3) is 0.192. The molecular formula is C26H24FNO4. The molecule has 0 aromatic heterocycles. The molecule has 0 unspecified atom stereocenters. The van der Waals surface area contributed by atoms with Crippen molar-refractivity contribution in [2.24, 2.45) is 0 Å². The van der Waals surface area contributed by atoms with Crippen molar-refractivity contribution in [3.63, 3.8) is 0 Å². The second-order valence-corrected chi connectivity index (χ2v) is 7.57. The van der Waals surface area contributed by atoms with Crippen LogP contribution in [0.2, 0.25) is 0 Å². The van der Waals surface area contributed by atoms with Crippen LogP contribution in [-0.2, 0) is 9.53 Å². The van der Waals surface area contributed by atoms with Gasteiger partial charge in [-0.05, 0) is 44.5 Å². The summed E-state index contributed by atoms with van der Waals surface area (Å²) in [4.78, 5) is 38.2. The number of amides is 1. The van der Waals surface area contributed by atoms with E-state index >= 15 is 0 Å². The Labute approximate surface area is 186 Å². The quantitative estimate of drug-likeness (QED) is 0.430. The van der Waals surface area contributed by atoms with Crippen molar-refractivity contribution in [3.05, 3.63) is 106 Å². The number of hydrogen-bond acceptors (Lipinski definition) is 4. The van der Waals surface area contributed by atoms with E-state index in [4.69, 9.17) is 4.74 Å². The number of nitrogens with one attached hydrogen (secondary N) is 1. The van der Waals surface area contributed by atoms with E-state index < -0.39 is 24.0 Å². The number of ketones is 1. The van der Waals surface area contributed by atoms with E-state index in [2.05, 4.69) is 5.32 Å². The number of esters is 1. The first-order valence-electron chi connectivity index (χ1n) is 10.2. The van der Waals surface area contributed by atoms with Gasteiger partial charge in [-0.1, -0.05) is 60.2 Å². The Bertz CT molecular complexity index is 1120. The summed E-state index contributed by atoms with van der Waals surface area (Å²) in [6, 6.07) is 18.8. The van der Waals surface area contributed by atoms with Crippen LogP contribution in [0, 0.1) is 12.7 Å². The molecule has 1 N–H and O–H groups in total. The van der Waals surface area contributed by atoms with Gasteiger partial charge in [-0.3, -0.25) is 9.59 Å². The molecule has 0 aliphatic carbocycles. The SMILES string of the molecule is Cc1ccc(C(=O)c2ccccc2C(=O)O[C@H](C)C(=O)N[C@H](C)c2ccc(F)cc2)cc1. The molecule has 0 radical (unpaired) electrons. The Morgan fingerprint density at radius 1 is 0.844 bits per heavy atom. The normalized spacial score (nSPS) is 12.5. The molecule has 164 valence electrons. The molecule has 3 aromatic rings. The lowest BCUT2D eigenvalue weighted by molar-refractivity contribution is -0.129. The van der Waals surface area contributed by atoms with Crippen LogP contribution < -0.4 is 5.32 Å². The highest BCUT2D eigenvalue weighted by Crippen LogP contribution is 2.18. The first kappa shape index (κ1) is 22.9. The Hall–Kier alpha value is -3.80. The smallest absolute Gasteiger partial charge is 0.339 e. The lowest BCUT2D eigenvalue weighted by Crippen LogP contribution is -2.37. The number of carbonyl (C=O) groups excluding carboxylic acids is 3. The van der Waals surface area contributed by atoms with Gasteiger partial charge in [-0.2, -0.15) is 0 Å². The van der Waals surface area contributed by atoms with Gasteiger partial charge < -0.3 is 10.1 Å². The third kappa shape index (κ3) is 5.46. The van der Waals surface area contributed by atoms with E-state index in [1.165, 1.54) is 25.1 Å². The summed E-state index contributed by atoms with van der Waals surface area (Å²) < 4.78 is 18.4. The summed E-state index contributed by atoms with van der Waals surface area (Å²) in [5.41, 5.74) is 2.48. The second-order valence-electron chi connectivity index (χ2n) is 7.57. The minimum Gasteiger partial charge on any atom is -0.449 e. The third-order valence-electron chi connectivity index (χ3n) is 5.09. The van der Waals surface area contributed by atoms with E-state index in [1.54, 1.807) is 49.4 Å². The molecule has 0 saturated heterocycles. The van der Waals surface area contributed by atoms with Gasteiger partial charge in [0.05, 0.1) is 11.6 Å². The van der Waals surface area contributed by atoms with Crippen molar-refractivity contribution < 1.29 is 23.5 Å². The molecule has 2 atom stereocenters. The van der Waals surface area contributed by atoms with Crippen LogP contribution in [0.5, 0.6) is 0 Å². The topological polar surface area (TPSA) is 72.5 Å². The number of benzene rings is 3. The Morgan fingerprint density at radius 2 is 1.44 bits per heavy atom. The van der Waals surface area contributed by atoms with Crippen molar-refractivity contribution in [2.45, 2.75) is 32.9 Å². The van der Waals surface area contributed by atoms with Crippen LogP contribution in [-0.4, -0.2) is 23.8 Å². The largest absolute Gasteiger partial charge is 0.449 e. The number of carbonyl (C=O) groups is 3. The lowest BCUT2D eigenvalue weighted by Gasteiger charge is -2.19. The first-order valence-corrected chi connectivity index (χ1v) is 10.2. The molecule has 0 heterocycles. The van der Waals surface area contributed by atoms with E-state index in [9.17, 15) is 18.8 Å².